The Morgan fingerprint density at radius 1 is 1.10 bits per heavy atom. The van der Waals surface area contributed by atoms with Crippen LogP contribution < -0.4 is 10.5 Å². The second kappa shape index (κ2) is 5.13. The average Bonchev–Trinajstić information content (AvgIpc) is 2.37. The van der Waals surface area contributed by atoms with Crippen molar-refractivity contribution in [3.8, 4) is 0 Å². The number of nitrogens with two attached hydrogens (primary N) is 1. The number of hydrogen-bond donors (Lipinski definition) is 2. The fourth-order valence-electron chi connectivity index (χ4n) is 1.95. The Morgan fingerprint density at radius 3 is 2.40 bits per heavy atom. The third kappa shape index (κ3) is 2.60. The standard InChI is InChI=1S/C14H17N3O2S/c1-9-6-7-10(2)14(13(9)15)20(18,19)17-12-5-4-8-16-11(12)3/h4-8,17H,15H2,1-3H3. The Labute approximate surface area is 118 Å². The predicted octanol–water partition coefficient (Wildman–Crippen LogP) is 2.39. The minimum Gasteiger partial charge on any atom is -0.397 e. The summed E-state index contributed by atoms with van der Waals surface area (Å²) in [6, 6.07) is 6.90. The van der Waals surface area contributed by atoms with E-state index in [1.54, 1.807) is 51.2 Å². The van der Waals surface area contributed by atoms with Gasteiger partial charge in [0.05, 0.1) is 17.1 Å². The normalized spacial score (nSPS) is 11.3. The van der Waals surface area contributed by atoms with Crippen LogP contribution in [0.1, 0.15) is 16.8 Å². The molecule has 6 heteroatoms. The molecule has 0 unspecified atom stereocenters. The van der Waals surface area contributed by atoms with Gasteiger partial charge in [-0.3, -0.25) is 9.71 Å². The van der Waals surface area contributed by atoms with Crippen molar-refractivity contribution in [3.05, 3.63) is 47.3 Å². The lowest BCUT2D eigenvalue weighted by Gasteiger charge is -2.15. The molecule has 1 aromatic heterocycles. The zero-order chi connectivity index (χ0) is 14.9. The Bertz CT molecular complexity index is 755. The molecule has 1 heterocycles. The zero-order valence-electron chi connectivity index (χ0n) is 11.6. The largest absolute Gasteiger partial charge is 0.397 e. The van der Waals surface area contributed by atoms with Crippen LogP contribution in [0.25, 0.3) is 0 Å². The third-order valence-electron chi connectivity index (χ3n) is 3.13. The Morgan fingerprint density at radius 2 is 1.75 bits per heavy atom. The van der Waals surface area contributed by atoms with Crippen molar-refractivity contribution < 1.29 is 8.42 Å². The molecule has 1 aromatic carbocycles. The Balaban J connectivity index is 2.52. The summed E-state index contributed by atoms with van der Waals surface area (Å²) in [5, 5.41) is 0. The maximum Gasteiger partial charge on any atom is 0.264 e. The molecular weight excluding hydrogens is 274 g/mol. The molecule has 0 fully saturated rings. The van der Waals surface area contributed by atoms with E-state index in [0.717, 1.165) is 5.56 Å². The number of anilines is 2. The molecule has 3 N–H and O–H groups in total. The first-order valence-corrected chi connectivity index (χ1v) is 7.61. The van der Waals surface area contributed by atoms with Crippen LogP contribution in [0.15, 0.2) is 35.4 Å². The molecule has 0 saturated carbocycles. The first-order chi connectivity index (χ1) is 9.33. The van der Waals surface area contributed by atoms with Gasteiger partial charge in [0.2, 0.25) is 0 Å². The van der Waals surface area contributed by atoms with Crippen LogP contribution in [0.4, 0.5) is 11.4 Å². The van der Waals surface area contributed by atoms with E-state index in [1.807, 2.05) is 0 Å². The molecule has 2 rings (SSSR count). The SMILES string of the molecule is Cc1ccc(C)c(S(=O)(=O)Nc2cccnc2C)c1N. The lowest BCUT2D eigenvalue weighted by Crippen LogP contribution is -2.17. The molecule has 0 radical (unpaired) electrons. The Hall–Kier alpha value is -2.08. The van der Waals surface area contributed by atoms with Gasteiger partial charge in [0.25, 0.3) is 10.0 Å². The lowest BCUT2D eigenvalue weighted by molar-refractivity contribution is 0.601. The summed E-state index contributed by atoms with van der Waals surface area (Å²) < 4.78 is 27.6. The van der Waals surface area contributed by atoms with Gasteiger partial charge in [0, 0.05) is 6.20 Å². The van der Waals surface area contributed by atoms with E-state index in [0.29, 0.717) is 16.9 Å². The van der Waals surface area contributed by atoms with Crippen molar-refractivity contribution in [2.24, 2.45) is 0 Å². The number of benzene rings is 1. The van der Waals surface area contributed by atoms with Crippen LogP contribution in [-0.4, -0.2) is 13.4 Å². The topological polar surface area (TPSA) is 85.1 Å². The maximum absolute atomic E-state index is 12.5. The van der Waals surface area contributed by atoms with Crippen molar-refractivity contribution in [3.63, 3.8) is 0 Å². The van der Waals surface area contributed by atoms with E-state index in [4.69, 9.17) is 5.73 Å². The molecule has 0 atom stereocenters. The van der Waals surface area contributed by atoms with Gasteiger partial charge in [-0.15, -0.1) is 0 Å². The van der Waals surface area contributed by atoms with Crippen LogP contribution in [0.2, 0.25) is 0 Å². The number of sulfonamides is 1. The predicted molar refractivity (Wildman–Crippen MR) is 80.1 cm³/mol. The van der Waals surface area contributed by atoms with E-state index in [1.165, 1.54) is 0 Å². The smallest absolute Gasteiger partial charge is 0.264 e. The molecule has 0 amide bonds. The summed E-state index contributed by atoms with van der Waals surface area (Å²) in [7, 11) is -3.73. The van der Waals surface area contributed by atoms with E-state index in [9.17, 15) is 8.42 Å². The van der Waals surface area contributed by atoms with Crippen molar-refractivity contribution in [1.29, 1.82) is 0 Å². The van der Waals surface area contributed by atoms with Crippen LogP contribution >= 0.6 is 0 Å². The average molecular weight is 291 g/mol. The van der Waals surface area contributed by atoms with Crippen LogP contribution in [0.5, 0.6) is 0 Å². The van der Waals surface area contributed by atoms with Gasteiger partial charge in [-0.1, -0.05) is 12.1 Å². The summed E-state index contributed by atoms with van der Waals surface area (Å²) in [6.07, 6.45) is 1.61. The molecule has 0 spiro atoms. The molecule has 0 aliphatic carbocycles. The summed E-state index contributed by atoms with van der Waals surface area (Å²) in [5.41, 5.74) is 8.61. The molecule has 0 aliphatic heterocycles. The first-order valence-electron chi connectivity index (χ1n) is 6.13. The van der Waals surface area contributed by atoms with Crippen molar-refractivity contribution in [1.82, 2.24) is 4.98 Å². The number of rotatable bonds is 3. The molecular formula is C14H17N3O2S. The van der Waals surface area contributed by atoms with Gasteiger partial charge in [0.15, 0.2) is 0 Å². The second-order valence-electron chi connectivity index (χ2n) is 4.68. The van der Waals surface area contributed by atoms with E-state index in [2.05, 4.69) is 9.71 Å². The van der Waals surface area contributed by atoms with Gasteiger partial charge in [-0.25, -0.2) is 8.42 Å². The quantitative estimate of drug-likeness (QED) is 0.850. The summed E-state index contributed by atoms with van der Waals surface area (Å²) in [6.45, 7) is 5.24. The highest BCUT2D eigenvalue weighted by Gasteiger charge is 2.22. The minimum absolute atomic E-state index is 0.126. The van der Waals surface area contributed by atoms with Gasteiger partial charge in [-0.2, -0.15) is 0 Å². The van der Waals surface area contributed by atoms with E-state index >= 15 is 0 Å². The lowest BCUT2D eigenvalue weighted by atomic mass is 10.1. The highest BCUT2D eigenvalue weighted by Crippen LogP contribution is 2.28. The van der Waals surface area contributed by atoms with E-state index < -0.39 is 10.0 Å². The fraction of sp³-hybridized carbons (Fsp3) is 0.214. The molecule has 0 saturated heterocycles. The number of nitrogens with one attached hydrogen (secondary N) is 1. The molecule has 20 heavy (non-hydrogen) atoms. The maximum atomic E-state index is 12.5. The van der Waals surface area contributed by atoms with Crippen molar-refractivity contribution >= 4 is 21.4 Å². The number of hydrogen-bond acceptors (Lipinski definition) is 4. The van der Waals surface area contributed by atoms with Crippen LogP contribution in [-0.2, 0) is 10.0 Å². The van der Waals surface area contributed by atoms with Crippen molar-refractivity contribution in [2.45, 2.75) is 25.7 Å². The van der Waals surface area contributed by atoms with Crippen LogP contribution in [0, 0.1) is 20.8 Å². The Kier molecular flexibility index (Phi) is 3.67. The van der Waals surface area contributed by atoms with Gasteiger partial charge in [-0.05, 0) is 44.0 Å². The summed E-state index contributed by atoms with van der Waals surface area (Å²) in [4.78, 5) is 4.19. The molecule has 0 bridgehead atoms. The van der Waals surface area contributed by atoms with Gasteiger partial charge < -0.3 is 5.73 Å². The molecule has 0 aliphatic rings. The summed E-state index contributed by atoms with van der Waals surface area (Å²) >= 11 is 0. The first kappa shape index (κ1) is 14.3. The second-order valence-corrected chi connectivity index (χ2v) is 6.30. The van der Waals surface area contributed by atoms with E-state index in [-0.39, 0.29) is 10.6 Å². The minimum atomic E-state index is -3.73. The molecule has 106 valence electrons. The van der Waals surface area contributed by atoms with Gasteiger partial charge in [0.1, 0.15) is 4.90 Å². The number of pyridine rings is 1. The number of nitrogen functional groups attached to an aromatic ring is 1. The number of aryl methyl sites for hydroxylation is 3. The summed E-state index contributed by atoms with van der Waals surface area (Å²) in [5.74, 6) is 0. The van der Waals surface area contributed by atoms with Crippen molar-refractivity contribution in [2.75, 3.05) is 10.5 Å². The van der Waals surface area contributed by atoms with Gasteiger partial charge >= 0.3 is 0 Å². The molecule has 2 aromatic rings. The monoisotopic (exact) mass is 291 g/mol. The highest BCUT2D eigenvalue weighted by atomic mass is 32.2. The number of nitrogens with zero attached hydrogens (tertiary/aromatic N) is 1. The van der Waals surface area contributed by atoms with Crippen LogP contribution in [0.3, 0.4) is 0 Å². The fourth-order valence-corrected chi connectivity index (χ4v) is 3.50. The number of aromatic nitrogens is 1. The highest BCUT2D eigenvalue weighted by molar-refractivity contribution is 7.93. The third-order valence-corrected chi connectivity index (χ3v) is 4.70. The zero-order valence-corrected chi connectivity index (χ0v) is 12.5. The molecule has 5 nitrogen and oxygen atoms in total.